The molecule has 1 aromatic rings. The molecule has 0 bridgehead atoms. The molecule has 72 valence electrons. The fraction of sp³-hybridized carbons (Fsp3) is 0.444. The lowest BCUT2D eigenvalue weighted by Gasteiger charge is -2.17. The number of likely N-dealkylation sites (N-methyl/N-ethyl adjacent to an activating group) is 1. The molecule has 0 amide bonds. The number of anilines is 1. The third-order valence-electron chi connectivity index (χ3n) is 1.95. The minimum atomic E-state index is 0.132. The highest BCUT2D eigenvalue weighted by molar-refractivity contribution is 5.45. The molecule has 1 unspecified atom stereocenters. The van der Waals surface area contributed by atoms with Gasteiger partial charge in [-0.2, -0.15) is 0 Å². The highest BCUT2D eigenvalue weighted by atomic mass is 14.9. The van der Waals surface area contributed by atoms with Crippen molar-refractivity contribution in [2.75, 3.05) is 18.8 Å². The van der Waals surface area contributed by atoms with Gasteiger partial charge in [0.2, 0.25) is 0 Å². The van der Waals surface area contributed by atoms with E-state index < -0.39 is 0 Å². The van der Waals surface area contributed by atoms with Crippen LogP contribution in [0.4, 0.5) is 5.69 Å². The Labute approximate surface area is 78.3 Å². The molecular formula is C9H16N4. The lowest BCUT2D eigenvalue weighted by molar-refractivity contribution is 0.563. The number of hydrogen-bond acceptors (Lipinski definition) is 4. The van der Waals surface area contributed by atoms with Crippen molar-refractivity contribution in [3.63, 3.8) is 0 Å². The second kappa shape index (κ2) is 4.79. The molecular weight excluding hydrogens is 164 g/mol. The van der Waals surface area contributed by atoms with Crippen LogP contribution in [0.1, 0.15) is 18.5 Å². The number of nitrogens with two attached hydrogens (primary N) is 2. The van der Waals surface area contributed by atoms with Crippen LogP contribution in [0.3, 0.4) is 0 Å². The van der Waals surface area contributed by atoms with Gasteiger partial charge in [0.15, 0.2) is 0 Å². The molecule has 1 atom stereocenters. The predicted molar refractivity (Wildman–Crippen MR) is 54.1 cm³/mol. The van der Waals surface area contributed by atoms with E-state index in [0.29, 0.717) is 12.2 Å². The minimum absolute atomic E-state index is 0.132. The number of nitrogens with one attached hydrogen (secondary N) is 1. The summed E-state index contributed by atoms with van der Waals surface area (Å²) in [7, 11) is 0. The summed E-state index contributed by atoms with van der Waals surface area (Å²) >= 11 is 0. The van der Waals surface area contributed by atoms with Crippen molar-refractivity contribution in [3.05, 3.63) is 24.0 Å². The monoisotopic (exact) mass is 180 g/mol. The zero-order chi connectivity index (χ0) is 9.68. The van der Waals surface area contributed by atoms with Crippen LogP contribution < -0.4 is 16.8 Å². The second-order valence-electron chi connectivity index (χ2n) is 2.85. The summed E-state index contributed by atoms with van der Waals surface area (Å²) in [5.74, 6) is 0. The van der Waals surface area contributed by atoms with E-state index >= 15 is 0 Å². The van der Waals surface area contributed by atoms with Gasteiger partial charge in [0, 0.05) is 18.8 Å². The summed E-state index contributed by atoms with van der Waals surface area (Å²) in [6.07, 6.45) is 3.38. The molecule has 4 heteroatoms. The molecule has 0 spiro atoms. The molecule has 0 aromatic carbocycles. The number of aromatic nitrogens is 1. The van der Waals surface area contributed by atoms with Gasteiger partial charge in [-0.1, -0.05) is 6.92 Å². The van der Waals surface area contributed by atoms with E-state index in [4.69, 9.17) is 11.5 Å². The zero-order valence-electron chi connectivity index (χ0n) is 7.83. The summed E-state index contributed by atoms with van der Waals surface area (Å²) < 4.78 is 0. The van der Waals surface area contributed by atoms with E-state index in [9.17, 15) is 0 Å². The Kier molecular flexibility index (Phi) is 3.67. The van der Waals surface area contributed by atoms with Gasteiger partial charge in [-0.25, -0.2) is 0 Å². The molecule has 0 aliphatic carbocycles. The maximum absolute atomic E-state index is 5.77. The molecule has 4 nitrogen and oxygen atoms in total. The maximum Gasteiger partial charge on any atom is 0.0549 e. The Morgan fingerprint density at radius 1 is 1.62 bits per heavy atom. The van der Waals surface area contributed by atoms with Crippen LogP contribution in [0.25, 0.3) is 0 Å². The third-order valence-corrected chi connectivity index (χ3v) is 1.95. The standard InChI is InChI=1S/C9H16N4/c1-2-13-9(5-10)7-3-4-12-6-8(7)11/h3-4,6,9,13H,2,5,10-11H2,1H3. The molecule has 13 heavy (non-hydrogen) atoms. The molecule has 1 rings (SSSR count). The first-order valence-electron chi connectivity index (χ1n) is 4.42. The van der Waals surface area contributed by atoms with Crippen molar-refractivity contribution in [1.29, 1.82) is 0 Å². The van der Waals surface area contributed by atoms with Gasteiger partial charge in [0.1, 0.15) is 0 Å². The summed E-state index contributed by atoms with van der Waals surface area (Å²) in [6, 6.07) is 2.03. The van der Waals surface area contributed by atoms with Gasteiger partial charge in [-0.05, 0) is 18.2 Å². The number of nitrogens with zero attached hydrogens (tertiary/aromatic N) is 1. The van der Waals surface area contributed by atoms with Gasteiger partial charge in [0.05, 0.1) is 11.9 Å². The Morgan fingerprint density at radius 3 is 2.92 bits per heavy atom. The molecule has 1 aromatic heterocycles. The largest absolute Gasteiger partial charge is 0.397 e. The number of hydrogen-bond donors (Lipinski definition) is 3. The van der Waals surface area contributed by atoms with E-state index in [1.807, 2.05) is 13.0 Å². The van der Waals surface area contributed by atoms with Crippen molar-refractivity contribution in [2.24, 2.45) is 5.73 Å². The quantitative estimate of drug-likeness (QED) is 0.621. The van der Waals surface area contributed by atoms with Gasteiger partial charge in [-0.15, -0.1) is 0 Å². The molecule has 0 saturated carbocycles. The first kappa shape index (κ1) is 9.95. The normalized spacial score (nSPS) is 12.8. The van der Waals surface area contributed by atoms with Gasteiger partial charge < -0.3 is 16.8 Å². The first-order valence-corrected chi connectivity index (χ1v) is 4.42. The van der Waals surface area contributed by atoms with E-state index in [-0.39, 0.29) is 6.04 Å². The first-order chi connectivity index (χ1) is 6.29. The lowest BCUT2D eigenvalue weighted by atomic mass is 10.1. The van der Waals surface area contributed by atoms with Gasteiger partial charge in [-0.3, -0.25) is 4.98 Å². The van der Waals surface area contributed by atoms with Crippen LogP contribution >= 0.6 is 0 Å². The maximum atomic E-state index is 5.77. The summed E-state index contributed by atoms with van der Waals surface area (Å²) in [6.45, 7) is 3.46. The second-order valence-corrected chi connectivity index (χ2v) is 2.85. The van der Waals surface area contributed by atoms with Gasteiger partial charge in [0.25, 0.3) is 0 Å². The van der Waals surface area contributed by atoms with Crippen LogP contribution in [-0.4, -0.2) is 18.1 Å². The Hall–Kier alpha value is -1.13. The van der Waals surface area contributed by atoms with E-state index in [1.165, 1.54) is 0 Å². The molecule has 0 radical (unpaired) electrons. The summed E-state index contributed by atoms with van der Waals surface area (Å²) in [4.78, 5) is 3.93. The molecule has 0 fully saturated rings. The van der Waals surface area contributed by atoms with Crippen LogP contribution in [0.2, 0.25) is 0 Å². The molecule has 0 aliphatic heterocycles. The zero-order valence-corrected chi connectivity index (χ0v) is 7.83. The molecule has 5 N–H and O–H groups in total. The Bertz CT molecular complexity index is 262. The molecule has 0 aliphatic rings. The van der Waals surface area contributed by atoms with E-state index in [2.05, 4.69) is 10.3 Å². The third kappa shape index (κ3) is 2.40. The highest BCUT2D eigenvalue weighted by Crippen LogP contribution is 2.17. The van der Waals surface area contributed by atoms with Crippen LogP contribution in [-0.2, 0) is 0 Å². The van der Waals surface area contributed by atoms with Crippen molar-refractivity contribution in [2.45, 2.75) is 13.0 Å². The van der Waals surface area contributed by atoms with E-state index in [1.54, 1.807) is 12.4 Å². The van der Waals surface area contributed by atoms with Crippen molar-refractivity contribution in [3.8, 4) is 0 Å². The highest BCUT2D eigenvalue weighted by Gasteiger charge is 2.10. The van der Waals surface area contributed by atoms with Crippen molar-refractivity contribution < 1.29 is 0 Å². The van der Waals surface area contributed by atoms with Gasteiger partial charge >= 0.3 is 0 Å². The number of pyridine rings is 1. The van der Waals surface area contributed by atoms with Crippen LogP contribution in [0, 0.1) is 0 Å². The Balaban J connectivity index is 2.84. The fourth-order valence-electron chi connectivity index (χ4n) is 1.30. The average Bonchev–Trinajstić information content (AvgIpc) is 2.16. The van der Waals surface area contributed by atoms with E-state index in [0.717, 1.165) is 12.1 Å². The SMILES string of the molecule is CCNC(CN)c1ccncc1N. The summed E-state index contributed by atoms with van der Waals surface area (Å²) in [5.41, 5.74) is 13.1. The fourth-order valence-corrected chi connectivity index (χ4v) is 1.30. The predicted octanol–water partition coefficient (Wildman–Crippen LogP) is 0.273. The number of nitrogen functional groups attached to an aromatic ring is 1. The van der Waals surface area contributed by atoms with Crippen molar-refractivity contribution in [1.82, 2.24) is 10.3 Å². The van der Waals surface area contributed by atoms with Crippen LogP contribution in [0.15, 0.2) is 18.5 Å². The topological polar surface area (TPSA) is 77.0 Å². The minimum Gasteiger partial charge on any atom is -0.397 e. The average molecular weight is 180 g/mol. The smallest absolute Gasteiger partial charge is 0.0549 e. The lowest BCUT2D eigenvalue weighted by Crippen LogP contribution is -2.28. The van der Waals surface area contributed by atoms with Crippen LogP contribution in [0.5, 0.6) is 0 Å². The summed E-state index contributed by atoms with van der Waals surface area (Å²) in [5, 5.41) is 3.26. The Morgan fingerprint density at radius 2 is 2.38 bits per heavy atom. The molecule has 0 saturated heterocycles. The number of rotatable bonds is 4. The van der Waals surface area contributed by atoms with Crippen molar-refractivity contribution >= 4 is 5.69 Å². The molecule has 1 heterocycles.